The van der Waals surface area contributed by atoms with Crippen LogP contribution in [0, 0.1) is 11.3 Å². The predicted octanol–water partition coefficient (Wildman–Crippen LogP) is 3.50. The Kier molecular flexibility index (Phi) is 7.17. The number of nitrogens with one attached hydrogen (secondary N) is 1. The molecule has 1 heterocycles. The van der Waals surface area contributed by atoms with Crippen molar-refractivity contribution in [2.75, 3.05) is 38.7 Å². The smallest absolute Gasteiger partial charge is 0.138 e. The van der Waals surface area contributed by atoms with Gasteiger partial charge in [-0.1, -0.05) is 0 Å². The first-order valence-electron chi connectivity index (χ1n) is 10.4. The van der Waals surface area contributed by atoms with Gasteiger partial charge in [-0.3, -0.25) is 4.90 Å². The Bertz CT molecular complexity index is 672. The molecule has 0 spiro atoms. The number of methoxy groups -OCH3 is 1. The van der Waals surface area contributed by atoms with E-state index < -0.39 is 0 Å². The number of nitriles is 1. The van der Waals surface area contributed by atoms with Crippen LogP contribution in [-0.4, -0.2) is 61.1 Å². The van der Waals surface area contributed by atoms with E-state index in [1.54, 1.807) is 25.3 Å². The number of likely N-dealkylation sites (tertiary alicyclic amines) is 1. The molecule has 2 fully saturated rings. The van der Waals surface area contributed by atoms with Crippen LogP contribution in [0.2, 0.25) is 0 Å². The molecular formula is C22H33N3O3. The number of anilines is 1. The molecule has 3 rings (SSSR count). The van der Waals surface area contributed by atoms with Crippen molar-refractivity contribution in [2.24, 2.45) is 0 Å². The van der Waals surface area contributed by atoms with Gasteiger partial charge in [0.15, 0.2) is 0 Å². The number of phenolic OH excluding ortho intramolecular Hbond substituents is 1. The maximum atomic E-state index is 10.1. The number of hydrogen-bond donors (Lipinski definition) is 2. The third kappa shape index (κ3) is 5.16. The van der Waals surface area contributed by atoms with Gasteiger partial charge >= 0.3 is 0 Å². The number of aromatic hydroxyl groups is 1. The maximum absolute atomic E-state index is 10.1. The number of nitrogens with zero attached hydrogens (tertiary/aromatic N) is 2. The molecule has 1 saturated heterocycles. The zero-order valence-electron chi connectivity index (χ0n) is 17.1. The van der Waals surface area contributed by atoms with E-state index >= 15 is 0 Å². The van der Waals surface area contributed by atoms with Gasteiger partial charge in [0.2, 0.25) is 0 Å². The first-order chi connectivity index (χ1) is 13.5. The topological polar surface area (TPSA) is 77.8 Å². The van der Waals surface area contributed by atoms with E-state index in [1.807, 2.05) is 0 Å². The minimum atomic E-state index is 0.209. The van der Waals surface area contributed by atoms with E-state index in [4.69, 9.17) is 14.7 Å². The first kappa shape index (κ1) is 20.9. The van der Waals surface area contributed by atoms with Crippen molar-refractivity contribution in [1.29, 1.82) is 5.26 Å². The van der Waals surface area contributed by atoms with Gasteiger partial charge in [0.1, 0.15) is 5.75 Å². The highest BCUT2D eigenvalue weighted by molar-refractivity contribution is 5.59. The lowest BCUT2D eigenvalue weighted by atomic mass is 9.79. The highest BCUT2D eigenvalue weighted by Gasteiger charge is 2.38. The van der Waals surface area contributed by atoms with E-state index in [0.29, 0.717) is 36.6 Å². The molecule has 1 aliphatic carbocycles. The molecule has 0 amide bonds. The van der Waals surface area contributed by atoms with E-state index in [2.05, 4.69) is 23.2 Å². The lowest BCUT2D eigenvalue weighted by molar-refractivity contribution is -0.0398. The molecule has 0 aromatic heterocycles. The van der Waals surface area contributed by atoms with E-state index in [-0.39, 0.29) is 11.3 Å². The van der Waals surface area contributed by atoms with Crippen molar-refractivity contribution in [3.63, 3.8) is 0 Å². The van der Waals surface area contributed by atoms with Gasteiger partial charge in [0.25, 0.3) is 0 Å². The van der Waals surface area contributed by atoms with Crippen LogP contribution in [0.5, 0.6) is 5.75 Å². The van der Waals surface area contributed by atoms with E-state index in [9.17, 15) is 5.11 Å². The quantitative estimate of drug-likeness (QED) is 0.551. The van der Waals surface area contributed by atoms with Gasteiger partial charge in [-0.2, -0.15) is 5.26 Å². The summed E-state index contributed by atoms with van der Waals surface area (Å²) in [7, 11) is 1.71. The Balaban J connectivity index is 1.47. The number of phenols is 1. The van der Waals surface area contributed by atoms with Crippen molar-refractivity contribution < 1.29 is 14.6 Å². The Morgan fingerprint density at radius 1 is 1.21 bits per heavy atom. The fourth-order valence-electron chi connectivity index (χ4n) is 4.50. The normalized spacial score (nSPS) is 26.7. The largest absolute Gasteiger partial charge is 0.506 e. The summed E-state index contributed by atoms with van der Waals surface area (Å²) in [6.07, 6.45) is 7.04. The molecule has 154 valence electrons. The van der Waals surface area contributed by atoms with Crippen LogP contribution in [0.25, 0.3) is 0 Å². The van der Waals surface area contributed by atoms with Crippen LogP contribution in [0.3, 0.4) is 0 Å². The first-order valence-corrected chi connectivity index (χ1v) is 10.4. The number of ether oxygens (including phenoxy) is 2. The molecule has 0 bridgehead atoms. The molecule has 1 aromatic rings. The summed E-state index contributed by atoms with van der Waals surface area (Å²) >= 11 is 0. The number of rotatable bonds is 7. The molecule has 0 atom stereocenters. The third-order valence-corrected chi connectivity index (χ3v) is 6.39. The van der Waals surface area contributed by atoms with Crippen LogP contribution in [-0.2, 0) is 9.47 Å². The monoisotopic (exact) mass is 387 g/mol. The molecule has 2 aliphatic rings. The van der Waals surface area contributed by atoms with E-state index in [0.717, 1.165) is 38.8 Å². The van der Waals surface area contributed by atoms with Gasteiger partial charge in [0.05, 0.1) is 36.6 Å². The Hall–Kier alpha value is -1.81. The highest BCUT2D eigenvalue weighted by atomic mass is 16.5. The molecule has 1 aliphatic heterocycles. The minimum absolute atomic E-state index is 0.209. The van der Waals surface area contributed by atoms with Crippen molar-refractivity contribution in [2.45, 2.75) is 63.1 Å². The van der Waals surface area contributed by atoms with Crippen molar-refractivity contribution in [3.8, 4) is 11.8 Å². The summed E-state index contributed by atoms with van der Waals surface area (Å²) in [4.78, 5) is 2.64. The fraction of sp³-hybridized carbons (Fsp3) is 0.682. The van der Waals surface area contributed by atoms with Crippen molar-refractivity contribution in [1.82, 2.24) is 4.90 Å². The molecule has 0 radical (unpaired) electrons. The van der Waals surface area contributed by atoms with E-state index in [1.165, 1.54) is 12.8 Å². The standard InChI is InChI=1S/C22H33N3O3/c1-22(9-5-19(6-10-22)28-14-13-27-2)25-11-7-18(8-12-25)24-20-15-17(16-23)3-4-21(20)26/h3-4,15,18-19,24,26H,5-14H2,1-2H3/t19-,22-. The molecule has 1 saturated carbocycles. The third-order valence-electron chi connectivity index (χ3n) is 6.39. The van der Waals surface area contributed by atoms with Gasteiger partial charge < -0.3 is 19.9 Å². The van der Waals surface area contributed by atoms with Gasteiger partial charge in [-0.25, -0.2) is 0 Å². The second kappa shape index (κ2) is 9.60. The number of hydrogen-bond acceptors (Lipinski definition) is 6. The van der Waals surface area contributed by atoms with Crippen LogP contribution in [0.1, 0.15) is 51.0 Å². The van der Waals surface area contributed by atoms with Gasteiger partial charge in [-0.15, -0.1) is 0 Å². The highest BCUT2D eigenvalue weighted by Crippen LogP contribution is 2.37. The average molecular weight is 388 g/mol. The summed E-state index contributed by atoms with van der Waals surface area (Å²) in [6.45, 7) is 5.87. The molecular weight excluding hydrogens is 354 g/mol. The average Bonchev–Trinajstić information content (AvgIpc) is 2.72. The zero-order valence-corrected chi connectivity index (χ0v) is 17.1. The molecule has 1 aromatic carbocycles. The van der Waals surface area contributed by atoms with Crippen LogP contribution >= 0.6 is 0 Å². The summed E-state index contributed by atoms with van der Waals surface area (Å²) in [5, 5.41) is 22.6. The number of piperidine rings is 1. The lowest BCUT2D eigenvalue weighted by Gasteiger charge is -2.48. The van der Waals surface area contributed by atoms with Crippen molar-refractivity contribution >= 4 is 5.69 Å². The summed E-state index contributed by atoms with van der Waals surface area (Å²) in [5.41, 5.74) is 1.49. The minimum Gasteiger partial charge on any atom is -0.506 e. The maximum Gasteiger partial charge on any atom is 0.138 e. The number of benzene rings is 1. The Morgan fingerprint density at radius 3 is 2.57 bits per heavy atom. The summed E-state index contributed by atoms with van der Waals surface area (Å²) < 4.78 is 11.0. The Morgan fingerprint density at radius 2 is 1.93 bits per heavy atom. The van der Waals surface area contributed by atoms with Crippen LogP contribution < -0.4 is 5.32 Å². The molecule has 28 heavy (non-hydrogen) atoms. The summed E-state index contributed by atoms with van der Waals surface area (Å²) in [6, 6.07) is 7.41. The Labute approximate surface area is 168 Å². The second-order valence-electron chi connectivity index (χ2n) is 8.31. The molecule has 6 heteroatoms. The predicted molar refractivity (Wildman–Crippen MR) is 110 cm³/mol. The zero-order chi connectivity index (χ0) is 20.0. The van der Waals surface area contributed by atoms with Crippen LogP contribution in [0.15, 0.2) is 18.2 Å². The van der Waals surface area contributed by atoms with Crippen LogP contribution in [0.4, 0.5) is 5.69 Å². The molecule has 6 nitrogen and oxygen atoms in total. The molecule has 0 unspecified atom stereocenters. The summed E-state index contributed by atoms with van der Waals surface area (Å²) in [5.74, 6) is 0.209. The lowest BCUT2D eigenvalue weighted by Crippen LogP contribution is -2.53. The van der Waals surface area contributed by atoms with Gasteiger partial charge in [-0.05, 0) is 63.6 Å². The molecule has 2 N–H and O–H groups in total. The van der Waals surface area contributed by atoms with Crippen molar-refractivity contribution in [3.05, 3.63) is 23.8 Å². The fourth-order valence-corrected chi connectivity index (χ4v) is 4.50. The second-order valence-corrected chi connectivity index (χ2v) is 8.31. The van der Waals surface area contributed by atoms with Gasteiger partial charge in [0, 0.05) is 31.8 Å². The SMILES string of the molecule is COCCO[C@H]1CC[C@](C)(N2CCC(Nc3cc(C#N)ccc3O)CC2)CC1.